The second kappa shape index (κ2) is 8.39. The van der Waals surface area contributed by atoms with Gasteiger partial charge in [0.2, 0.25) is 10.0 Å². The molecule has 0 unspecified atom stereocenters. The molecule has 1 rings (SSSR count). The van der Waals surface area contributed by atoms with Gasteiger partial charge in [-0.25, -0.2) is 17.5 Å². The number of hydrogen-bond donors (Lipinski definition) is 2. The van der Waals surface area contributed by atoms with Crippen LogP contribution in [-0.2, 0) is 10.0 Å². The molecular formula is C10H14BrCl2FN2O2S. The molecule has 0 aliphatic heterocycles. The lowest BCUT2D eigenvalue weighted by atomic mass is 10.3. The molecule has 0 aliphatic carbocycles. The SMILES string of the molecule is Cl.NCCCCNS(=O)(=O)c1c(Cl)cc(F)cc1Br. The van der Waals surface area contributed by atoms with Gasteiger partial charge in [-0.3, -0.25) is 0 Å². The third-order valence-electron chi connectivity index (χ3n) is 2.15. The molecule has 110 valence electrons. The van der Waals surface area contributed by atoms with Crippen molar-refractivity contribution < 1.29 is 12.8 Å². The van der Waals surface area contributed by atoms with E-state index in [9.17, 15) is 12.8 Å². The van der Waals surface area contributed by atoms with E-state index in [1.165, 1.54) is 0 Å². The smallest absolute Gasteiger partial charge is 0.243 e. The van der Waals surface area contributed by atoms with E-state index in [4.69, 9.17) is 17.3 Å². The Morgan fingerprint density at radius 3 is 2.53 bits per heavy atom. The molecular weight excluding hydrogens is 382 g/mol. The van der Waals surface area contributed by atoms with Gasteiger partial charge in [0, 0.05) is 11.0 Å². The molecule has 9 heteroatoms. The Morgan fingerprint density at radius 2 is 2.00 bits per heavy atom. The minimum Gasteiger partial charge on any atom is -0.330 e. The van der Waals surface area contributed by atoms with Crippen molar-refractivity contribution in [3.05, 3.63) is 27.4 Å². The Morgan fingerprint density at radius 1 is 1.37 bits per heavy atom. The van der Waals surface area contributed by atoms with Gasteiger partial charge < -0.3 is 5.73 Å². The van der Waals surface area contributed by atoms with Gasteiger partial charge in [0.05, 0.1) is 5.02 Å². The summed E-state index contributed by atoms with van der Waals surface area (Å²) in [6.07, 6.45) is 1.35. The van der Waals surface area contributed by atoms with Gasteiger partial charge in [0.25, 0.3) is 0 Å². The van der Waals surface area contributed by atoms with Crippen molar-refractivity contribution in [2.24, 2.45) is 5.73 Å². The fraction of sp³-hybridized carbons (Fsp3) is 0.400. The van der Waals surface area contributed by atoms with E-state index in [0.717, 1.165) is 18.6 Å². The molecule has 3 N–H and O–H groups in total. The highest BCUT2D eigenvalue weighted by Gasteiger charge is 2.21. The van der Waals surface area contributed by atoms with Gasteiger partial charge in [0.15, 0.2) is 0 Å². The summed E-state index contributed by atoms with van der Waals surface area (Å²) in [5.74, 6) is -0.603. The first-order valence-electron chi connectivity index (χ1n) is 5.23. The van der Waals surface area contributed by atoms with Crippen molar-refractivity contribution in [1.29, 1.82) is 0 Å². The summed E-state index contributed by atoms with van der Waals surface area (Å²) in [6.45, 7) is 0.766. The van der Waals surface area contributed by atoms with Crippen LogP contribution < -0.4 is 10.5 Å². The number of nitrogens with one attached hydrogen (secondary N) is 1. The zero-order chi connectivity index (χ0) is 13.8. The highest BCUT2D eigenvalue weighted by atomic mass is 79.9. The summed E-state index contributed by atoms with van der Waals surface area (Å²) in [5.41, 5.74) is 5.31. The van der Waals surface area contributed by atoms with Crippen LogP contribution in [0.5, 0.6) is 0 Å². The molecule has 1 aromatic rings. The van der Waals surface area contributed by atoms with E-state index >= 15 is 0 Å². The normalized spacial score (nSPS) is 11.2. The monoisotopic (exact) mass is 394 g/mol. The number of hydrogen-bond acceptors (Lipinski definition) is 3. The van der Waals surface area contributed by atoms with Crippen molar-refractivity contribution in [2.75, 3.05) is 13.1 Å². The van der Waals surface area contributed by atoms with Crippen LogP contribution in [0.1, 0.15) is 12.8 Å². The standard InChI is InChI=1S/C10H13BrClFN2O2S.ClH/c11-8-5-7(13)6-9(12)10(8)18(16,17)15-4-2-1-3-14;/h5-6,15H,1-4,14H2;1H. The Kier molecular flexibility index (Phi) is 8.42. The average Bonchev–Trinajstić information content (AvgIpc) is 2.22. The fourth-order valence-electron chi connectivity index (χ4n) is 1.33. The zero-order valence-corrected chi connectivity index (χ0v) is 13.8. The largest absolute Gasteiger partial charge is 0.330 e. The van der Waals surface area contributed by atoms with Gasteiger partial charge in [-0.2, -0.15) is 0 Å². The van der Waals surface area contributed by atoms with Crippen LogP contribution in [0.4, 0.5) is 4.39 Å². The first kappa shape index (κ1) is 19.1. The lowest BCUT2D eigenvalue weighted by Crippen LogP contribution is -2.26. The summed E-state index contributed by atoms with van der Waals surface area (Å²) >= 11 is 8.74. The van der Waals surface area contributed by atoms with Crippen LogP contribution in [0, 0.1) is 5.82 Å². The molecule has 0 aromatic heterocycles. The van der Waals surface area contributed by atoms with Gasteiger partial charge in [0.1, 0.15) is 10.7 Å². The van der Waals surface area contributed by atoms with Gasteiger partial charge >= 0.3 is 0 Å². The summed E-state index contributed by atoms with van der Waals surface area (Å²) in [4.78, 5) is -0.154. The molecule has 19 heavy (non-hydrogen) atoms. The summed E-state index contributed by atoms with van der Waals surface area (Å²) in [5, 5.41) is -0.159. The van der Waals surface area contributed by atoms with Gasteiger partial charge in [-0.15, -0.1) is 12.4 Å². The Hall–Kier alpha value is 0.0800. The van der Waals surface area contributed by atoms with Crippen molar-refractivity contribution in [3.63, 3.8) is 0 Å². The lowest BCUT2D eigenvalue weighted by Gasteiger charge is -2.10. The third-order valence-corrected chi connectivity index (χ3v) is 5.01. The van der Waals surface area contributed by atoms with Crippen LogP contribution in [0.15, 0.2) is 21.5 Å². The maximum atomic E-state index is 13.0. The number of halogens is 4. The lowest BCUT2D eigenvalue weighted by molar-refractivity contribution is 0.575. The molecule has 0 fully saturated rings. The molecule has 0 amide bonds. The first-order valence-corrected chi connectivity index (χ1v) is 7.88. The third kappa shape index (κ3) is 5.53. The number of benzene rings is 1. The van der Waals surface area contributed by atoms with E-state index in [-0.39, 0.29) is 33.3 Å². The molecule has 0 bridgehead atoms. The summed E-state index contributed by atoms with van der Waals surface area (Å²) < 4.78 is 39.4. The summed E-state index contributed by atoms with van der Waals surface area (Å²) in [7, 11) is -3.76. The molecule has 0 aliphatic rings. The second-order valence-corrected chi connectivity index (χ2v) is 6.56. The number of nitrogens with two attached hydrogens (primary N) is 1. The van der Waals surface area contributed by atoms with Gasteiger partial charge in [-0.1, -0.05) is 11.6 Å². The van der Waals surface area contributed by atoms with Crippen LogP contribution in [0.25, 0.3) is 0 Å². The van der Waals surface area contributed by atoms with E-state index in [1.807, 2.05) is 0 Å². The predicted octanol–water partition coefficient (Wildman–Crippen LogP) is 2.68. The summed E-state index contributed by atoms with van der Waals surface area (Å²) in [6, 6.07) is 2.01. The molecule has 0 spiro atoms. The maximum Gasteiger partial charge on any atom is 0.243 e. The van der Waals surface area contributed by atoms with Crippen LogP contribution in [-0.4, -0.2) is 21.5 Å². The Bertz CT molecular complexity index is 505. The van der Waals surface area contributed by atoms with Gasteiger partial charge in [-0.05, 0) is 47.4 Å². The number of rotatable bonds is 6. The molecule has 0 heterocycles. The van der Waals surface area contributed by atoms with E-state index in [0.29, 0.717) is 13.0 Å². The molecule has 0 saturated carbocycles. The van der Waals surface area contributed by atoms with Crippen molar-refractivity contribution in [2.45, 2.75) is 17.7 Å². The van der Waals surface area contributed by atoms with E-state index in [2.05, 4.69) is 20.7 Å². The van der Waals surface area contributed by atoms with E-state index < -0.39 is 15.8 Å². The number of sulfonamides is 1. The quantitative estimate of drug-likeness (QED) is 0.727. The van der Waals surface area contributed by atoms with Crippen LogP contribution >= 0.6 is 39.9 Å². The van der Waals surface area contributed by atoms with Crippen molar-refractivity contribution in [1.82, 2.24) is 4.72 Å². The highest BCUT2D eigenvalue weighted by Crippen LogP contribution is 2.30. The molecule has 4 nitrogen and oxygen atoms in total. The topological polar surface area (TPSA) is 72.2 Å². The molecule has 0 atom stereocenters. The zero-order valence-electron chi connectivity index (χ0n) is 9.83. The number of unbranched alkanes of at least 4 members (excludes halogenated alkanes) is 1. The van der Waals surface area contributed by atoms with Crippen LogP contribution in [0.3, 0.4) is 0 Å². The molecule has 1 aromatic carbocycles. The van der Waals surface area contributed by atoms with Crippen molar-refractivity contribution >= 4 is 50.0 Å². The Balaban J connectivity index is 0.00000324. The predicted molar refractivity (Wildman–Crippen MR) is 79.8 cm³/mol. The molecule has 0 radical (unpaired) electrons. The fourth-order valence-corrected chi connectivity index (χ4v) is 4.22. The minimum absolute atomic E-state index is 0. The second-order valence-electron chi connectivity index (χ2n) is 3.59. The van der Waals surface area contributed by atoms with Crippen molar-refractivity contribution in [3.8, 4) is 0 Å². The van der Waals surface area contributed by atoms with Crippen LogP contribution in [0.2, 0.25) is 5.02 Å². The highest BCUT2D eigenvalue weighted by molar-refractivity contribution is 9.10. The minimum atomic E-state index is -3.76. The Labute approximate surface area is 131 Å². The average molecular weight is 396 g/mol. The molecule has 0 saturated heterocycles. The first-order chi connectivity index (χ1) is 8.38. The van der Waals surface area contributed by atoms with E-state index in [1.54, 1.807) is 0 Å². The maximum absolute atomic E-state index is 13.0.